The van der Waals surface area contributed by atoms with Crippen LogP contribution in [0.4, 0.5) is 5.69 Å². The van der Waals surface area contributed by atoms with Crippen LogP contribution < -0.4 is 16.8 Å². The fraction of sp³-hybridized carbons (Fsp3) is 0.438. The monoisotopic (exact) mass is 348 g/mol. The van der Waals surface area contributed by atoms with Gasteiger partial charge in [0.1, 0.15) is 10.8 Å². The number of aromatic amines is 1. The Labute approximate surface area is 144 Å². The van der Waals surface area contributed by atoms with Crippen LogP contribution >= 0.6 is 11.6 Å². The van der Waals surface area contributed by atoms with E-state index in [9.17, 15) is 4.79 Å². The summed E-state index contributed by atoms with van der Waals surface area (Å²) in [4.78, 5) is 23.8. The molecule has 1 fully saturated rings. The smallest absolute Gasteiger partial charge is 0.227 e. The predicted octanol–water partition coefficient (Wildman–Crippen LogP) is 2.23. The number of carbonyl (C=O) groups is 1. The van der Waals surface area contributed by atoms with E-state index in [4.69, 9.17) is 23.1 Å². The van der Waals surface area contributed by atoms with Crippen molar-refractivity contribution in [1.29, 1.82) is 0 Å². The van der Waals surface area contributed by atoms with Crippen LogP contribution in [0, 0.1) is 11.8 Å². The van der Waals surface area contributed by atoms with E-state index >= 15 is 0 Å². The highest BCUT2D eigenvalue weighted by molar-refractivity contribution is 6.30. The summed E-state index contributed by atoms with van der Waals surface area (Å²) in [6.07, 6.45) is 5.25. The highest BCUT2D eigenvalue weighted by atomic mass is 35.5. The number of halogens is 1. The summed E-state index contributed by atoms with van der Waals surface area (Å²) >= 11 is 5.97. The van der Waals surface area contributed by atoms with E-state index in [2.05, 4.69) is 20.3 Å². The lowest BCUT2D eigenvalue weighted by Gasteiger charge is -2.26. The highest BCUT2D eigenvalue weighted by Crippen LogP contribution is 2.31. The van der Waals surface area contributed by atoms with Crippen LogP contribution in [0.3, 0.4) is 0 Å². The predicted molar refractivity (Wildman–Crippen MR) is 95.9 cm³/mol. The third kappa shape index (κ3) is 3.79. The topological polar surface area (TPSA) is 122 Å². The zero-order valence-electron chi connectivity index (χ0n) is 13.3. The van der Waals surface area contributed by atoms with E-state index in [-0.39, 0.29) is 17.8 Å². The molecule has 24 heavy (non-hydrogen) atoms. The van der Waals surface area contributed by atoms with Crippen LogP contribution in [0.25, 0.3) is 11.0 Å². The maximum absolute atomic E-state index is 12.5. The molecule has 6 N–H and O–H groups in total. The van der Waals surface area contributed by atoms with Crippen molar-refractivity contribution in [2.75, 3.05) is 11.9 Å². The lowest BCUT2D eigenvalue weighted by molar-refractivity contribution is -0.121. The van der Waals surface area contributed by atoms with E-state index < -0.39 is 0 Å². The molecule has 1 aliphatic rings. The Balaban J connectivity index is 1.60. The van der Waals surface area contributed by atoms with E-state index in [1.165, 1.54) is 0 Å². The van der Waals surface area contributed by atoms with Crippen LogP contribution in [0.15, 0.2) is 23.3 Å². The van der Waals surface area contributed by atoms with Crippen molar-refractivity contribution in [2.24, 2.45) is 28.3 Å². The summed E-state index contributed by atoms with van der Waals surface area (Å²) in [5, 5.41) is 4.32. The molecule has 0 unspecified atom stereocenters. The average molecular weight is 349 g/mol. The lowest BCUT2D eigenvalue weighted by atomic mass is 9.81. The third-order valence-corrected chi connectivity index (χ3v) is 4.71. The maximum atomic E-state index is 12.5. The normalized spacial score (nSPS) is 20.7. The van der Waals surface area contributed by atoms with Crippen molar-refractivity contribution >= 4 is 40.2 Å². The Morgan fingerprint density at radius 3 is 2.83 bits per heavy atom. The number of H-pyrrole nitrogens is 1. The number of amides is 1. The van der Waals surface area contributed by atoms with Gasteiger partial charge in [-0.05, 0) is 43.7 Å². The van der Waals surface area contributed by atoms with E-state index in [0.29, 0.717) is 23.3 Å². The first kappa shape index (κ1) is 16.6. The van der Waals surface area contributed by atoms with E-state index in [0.717, 1.165) is 36.8 Å². The maximum Gasteiger partial charge on any atom is 0.227 e. The fourth-order valence-electron chi connectivity index (χ4n) is 3.18. The van der Waals surface area contributed by atoms with Crippen LogP contribution in [0.2, 0.25) is 5.15 Å². The molecular formula is C16H21ClN6O. The molecule has 1 amide bonds. The number of nitrogens with one attached hydrogen (secondary N) is 2. The number of aromatic nitrogens is 2. The van der Waals surface area contributed by atoms with Gasteiger partial charge in [-0.3, -0.25) is 9.79 Å². The first-order valence-electron chi connectivity index (χ1n) is 8.02. The van der Waals surface area contributed by atoms with Crippen molar-refractivity contribution in [3.05, 3.63) is 23.5 Å². The van der Waals surface area contributed by atoms with Crippen LogP contribution in [-0.2, 0) is 4.79 Å². The number of rotatable bonds is 4. The number of hydrogen-bond acceptors (Lipinski definition) is 3. The quantitative estimate of drug-likeness (QED) is 0.499. The summed E-state index contributed by atoms with van der Waals surface area (Å²) in [5.74, 6) is 0.632. The number of guanidine groups is 1. The zero-order chi connectivity index (χ0) is 17.1. The van der Waals surface area contributed by atoms with Gasteiger partial charge in [-0.2, -0.15) is 0 Å². The molecule has 0 aromatic carbocycles. The molecule has 0 spiro atoms. The van der Waals surface area contributed by atoms with Gasteiger partial charge in [0.05, 0.1) is 5.69 Å². The number of fused-ring (bicyclic) bond motifs is 1. The third-order valence-electron chi connectivity index (χ3n) is 4.51. The van der Waals surface area contributed by atoms with Gasteiger partial charge in [0.2, 0.25) is 5.91 Å². The lowest BCUT2D eigenvalue weighted by Crippen LogP contribution is -2.29. The van der Waals surface area contributed by atoms with Gasteiger partial charge >= 0.3 is 0 Å². The van der Waals surface area contributed by atoms with Crippen LogP contribution in [-0.4, -0.2) is 28.4 Å². The number of aliphatic imine (C=N–C) groups is 1. The molecule has 0 saturated heterocycles. The molecule has 8 heteroatoms. The van der Waals surface area contributed by atoms with Gasteiger partial charge in [0, 0.05) is 24.0 Å². The number of nitrogens with two attached hydrogens (primary N) is 2. The Morgan fingerprint density at radius 2 is 2.12 bits per heavy atom. The van der Waals surface area contributed by atoms with Gasteiger partial charge in [-0.25, -0.2) is 4.98 Å². The van der Waals surface area contributed by atoms with Gasteiger partial charge in [0.15, 0.2) is 5.96 Å². The SMILES string of the molecule is NC(N)=NCC1CCC(C(=O)Nc2ccnc3[nH]c(Cl)cc23)CC1. The Hall–Kier alpha value is -2.28. The minimum atomic E-state index is 0.0121. The Morgan fingerprint density at radius 1 is 1.38 bits per heavy atom. The number of anilines is 1. The van der Waals surface area contributed by atoms with Crippen molar-refractivity contribution < 1.29 is 4.79 Å². The molecule has 2 heterocycles. The molecule has 7 nitrogen and oxygen atoms in total. The summed E-state index contributed by atoms with van der Waals surface area (Å²) < 4.78 is 0. The van der Waals surface area contributed by atoms with Gasteiger partial charge < -0.3 is 21.8 Å². The van der Waals surface area contributed by atoms with Crippen molar-refractivity contribution in [1.82, 2.24) is 9.97 Å². The minimum Gasteiger partial charge on any atom is -0.370 e. The molecule has 1 saturated carbocycles. The zero-order valence-corrected chi connectivity index (χ0v) is 14.0. The molecule has 0 aliphatic heterocycles. The minimum absolute atomic E-state index is 0.0121. The number of nitrogens with zero attached hydrogens (tertiary/aromatic N) is 2. The summed E-state index contributed by atoms with van der Waals surface area (Å²) in [5.41, 5.74) is 12.1. The summed E-state index contributed by atoms with van der Waals surface area (Å²) in [7, 11) is 0. The molecule has 3 rings (SSSR count). The van der Waals surface area contributed by atoms with Gasteiger partial charge in [0.25, 0.3) is 0 Å². The molecular weight excluding hydrogens is 328 g/mol. The molecule has 2 aromatic heterocycles. The van der Waals surface area contributed by atoms with Crippen molar-refractivity contribution in [3.63, 3.8) is 0 Å². The number of hydrogen-bond donors (Lipinski definition) is 4. The number of pyridine rings is 1. The van der Waals surface area contributed by atoms with E-state index in [1.807, 2.05) is 0 Å². The molecule has 1 aliphatic carbocycles. The van der Waals surface area contributed by atoms with Crippen LogP contribution in [0.5, 0.6) is 0 Å². The molecule has 2 aromatic rings. The molecule has 0 radical (unpaired) electrons. The highest BCUT2D eigenvalue weighted by Gasteiger charge is 2.26. The van der Waals surface area contributed by atoms with Gasteiger partial charge in [-0.15, -0.1) is 0 Å². The van der Waals surface area contributed by atoms with Gasteiger partial charge in [-0.1, -0.05) is 11.6 Å². The summed E-state index contributed by atoms with van der Waals surface area (Å²) in [6, 6.07) is 3.56. The van der Waals surface area contributed by atoms with Crippen molar-refractivity contribution in [2.45, 2.75) is 25.7 Å². The summed E-state index contributed by atoms with van der Waals surface area (Å²) in [6.45, 7) is 0.642. The first-order chi connectivity index (χ1) is 11.5. The molecule has 0 atom stereocenters. The average Bonchev–Trinajstić information content (AvgIpc) is 2.94. The molecule has 0 bridgehead atoms. The Kier molecular flexibility index (Phi) is 4.89. The molecule has 128 valence electrons. The number of carbonyl (C=O) groups excluding carboxylic acids is 1. The van der Waals surface area contributed by atoms with E-state index in [1.54, 1.807) is 18.3 Å². The second-order valence-electron chi connectivity index (χ2n) is 6.21. The first-order valence-corrected chi connectivity index (χ1v) is 8.40. The largest absolute Gasteiger partial charge is 0.370 e. The standard InChI is InChI=1S/C16H21ClN6O/c17-13-7-11-12(5-6-20-14(11)23-13)22-15(24)10-3-1-9(2-4-10)8-21-16(18)19/h5-7,9-10H,1-4,8H2,(H4,18,19,21)(H2,20,22,23,24). The second kappa shape index (κ2) is 7.09. The van der Waals surface area contributed by atoms with Crippen LogP contribution in [0.1, 0.15) is 25.7 Å². The second-order valence-corrected chi connectivity index (χ2v) is 6.62. The fourth-order valence-corrected chi connectivity index (χ4v) is 3.38. The Bertz CT molecular complexity index is 759. The van der Waals surface area contributed by atoms with Crippen molar-refractivity contribution in [3.8, 4) is 0 Å².